The number of hydrogen-bond acceptors (Lipinski definition) is 5. The minimum absolute atomic E-state index is 0.0408. The van der Waals surface area contributed by atoms with Gasteiger partial charge in [-0.05, 0) is 58.1 Å². The Kier molecular flexibility index (Phi) is 5.47. The van der Waals surface area contributed by atoms with Crippen LogP contribution in [0.2, 0.25) is 0 Å². The molecule has 0 bridgehead atoms. The predicted molar refractivity (Wildman–Crippen MR) is 109 cm³/mol. The molecule has 29 heavy (non-hydrogen) atoms. The van der Waals surface area contributed by atoms with Crippen LogP contribution in [0.3, 0.4) is 0 Å². The molecule has 7 heteroatoms. The highest BCUT2D eigenvalue weighted by Gasteiger charge is 2.32. The number of amides is 2. The number of nitrogens with one attached hydrogen (secondary N) is 1. The van der Waals surface area contributed by atoms with Gasteiger partial charge < -0.3 is 9.32 Å². The van der Waals surface area contributed by atoms with E-state index in [1.165, 1.54) is 0 Å². The highest BCUT2D eigenvalue weighted by atomic mass is 16.4. The first-order chi connectivity index (χ1) is 14.1. The van der Waals surface area contributed by atoms with E-state index in [9.17, 15) is 9.59 Å². The number of fused-ring (bicyclic) bond motifs is 1. The number of carbonyl (C=O) groups excluding carboxylic acids is 2. The Balaban J connectivity index is 1.59. The van der Waals surface area contributed by atoms with Crippen molar-refractivity contribution in [3.63, 3.8) is 0 Å². The summed E-state index contributed by atoms with van der Waals surface area (Å²) < 4.78 is 6.02. The van der Waals surface area contributed by atoms with Crippen LogP contribution in [0.25, 0.3) is 0 Å². The van der Waals surface area contributed by atoms with Gasteiger partial charge in [-0.25, -0.2) is 5.43 Å². The number of pyridine rings is 1. The van der Waals surface area contributed by atoms with Crippen LogP contribution < -0.4 is 5.43 Å². The molecule has 1 atom stereocenters. The van der Waals surface area contributed by atoms with Crippen molar-refractivity contribution in [1.82, 2.24) is 15.3 Å². The Morgan fingerprint density at radius 1 is 1.24 bits per heavy atom. The van der Waals surface area contributed by atoms with E-state index in [1.54, 1.807) is 24.4 Å². The average molecular weight is 394 g/mol. The van der Waals surface area contributed by atoms with E-state index in [2.05, 4.69) is 22.4 Å². The first-order valence-electron chi connectivity index (χ1n) is 10.3. The van der Waals surface area contributed by atoms with Gasteiger partial charge in [0.1, 0.15) is 11.5 Å². The number of furan rings is 1. The van der Waals surface area contributed by atoms with Gasteiger partial charge in [-0.2, -0.15) is 5.10 Å². The molecule has 2 amide bonds. The topological polar surface area (TPSA) is 87.8 Å². The molecule has 2 aliphatic rings. The molecule has 1 fully saturated rings. The molecule has 1 aliphatic heterocycles. The van der Waals surface area contributed by atoms with Gasteiger partial charge in [0.05, 0.1) is 5.71 Å². The van der Waals surface area contributed by atoms with Crippen LogP contribution in [0, 0.1) is 6.92 Å². The zero-order valence-electron chi connectivity index (χ0n) is 16.9. The number of aromatic nitrogens is 1. The molecule has 2 aromatic heterocycles. The first-order valence-corrected chi connectivity index (χ1v) is 10.3. The van der Waals surface area contributed by atoms with E-state index >= 15 is 0 Å². The van der Waals surface area contributed by atoms with Crippen molar-refractivity contribution in [1.29, 1.82) is 0 Å². The summed E-state index contributed by atoms with van der Waals surface area (Å²) in [6.07, 6.45) is 7.15. The third-order valence-corrected chi connectivity index (χ3v) is 5.77. The Morgan fingerprint density at radius 2 is 2.10 bits per heavy atom. The number of aryl methyl sites for hydroxylation is 1. The van der Waals surface area contributed by atoms with Crippen molar-refractivity contribution in [2.45, 2.75) is 58.4 Å². The molecular weight excluding hydrogens is 368 g/mol. The number of likely N-dealkylation sites (tertiary alicyclic amines) is 1. The highest BCUT2D eigenvalue weighted by Crippen LogP contribution is 2.31. The zero-order valence-corrected chi connectivity index (χ0v) is 16.9. The summed E-state index contributed by atoms with van der Waals surface area (Å²) in [4.78, 5) is 31.4. The predicted octanol–water partition coefficient (Wildman–Crippen LogP) is 3.47. The van der Waals surface area contributed by atoms with Crippen molar-refractivity contribution < 1.29 is 14.0 Å². The largest absolute Gasteiger partial charge is 0.455 e. The lowest BCUT2D eigenvalue weighted by molar-refractivity contribution is 0.0600. The summed E-state index contributed by atoms with van der Waals surface area (Å²) in [7, 11) is 0. The number of rotatable bonds is 3. The van der Waals surface area contributed by atoms with Gasteiger partial charge >= 0.3 is 0 Å². The summed E-state index contributed by atoms with van der Waals surface area (Å²) in [6, 6.07) is 5.38. The fourth-order valence-electron chi connectivity index (χ4n) is 4.19. The fourth-order valence-corrected chi connectivity index (χ4v) is 4.19. The van der Waals surface area contributed by atoms with Gasteiger partial charge in [0.2, 0.25) is 0 Å². The minimum atomic E-state index is -0.357. The second-order valence-electron chi connectivity index (χ2n) is 7.77. The van der Waals surface area contributed by atoms with Crippen LogP contribution in [0.5, 0.6) is 0 Å². The summed E-state index contributed by atoms with van der Waals surface area (Å²) in [5.74, 6) is 0.799. The van der Waals surface area contributed by atoms with Crippen molar-refractivity contribution in [3.05, 3.63) is 52.7 Å². The molecule has 1 unspecified atom stereocenters. The molecule has 3 heterocycles. The maximum Gasteiger partial charge on any atom is 0.290 e. The van der Waals surface area contributed by atoms with E-state index in [0.717, 1.165) is 67.7 Å². The molecule has 1 aliphatic carbocycles. The monoisotopic (exact) mass is 394 g/mol. The average Bonchev–Trinajstić information content (AvgIpc) is 3.09. The summed E-state index contributed by atoms with van der Waals surface area (Å²) >= 11 is 0. The number of piperidine rings is 1. The normalized spacial score (nSPS) is 20.4. The zero-order chi connectivity index (χ0) is 20.4. The highest BCUT2D eigenvalue weighted by molar-refractivity contribution is 6.07. The molecule has 0 spiro atoms. The Morgan fingerprint density at radius 3 is 2.86 bits per heavy atom. The maximum absolute atomic E-state index is 13.1. The van der Waals surface area contributed by atoms with E-state index < -0.39 is 0 Å². The quantitative estimate of drug-likeness (QED) is 0.808. The summed E-state index contributed by atoms with van der Waals surface area (Å²) in [5, 5.41) is 4.35. The van der Waals surface area contributed by atoms with Crippen LogP contribution in [-0.4, -0.2) is 40.0 Å². The van der Waals surface area contributed by atoms with Gasteiger partial charge in [-0.1, -0.05) is 6.07 Å². The SMILES string of the molecule is Cc1c(C(=O)N2CCCCC2C)oc2c1/C(=N/NC(=O)c1ccccn1)CCC2. The summed E-state index contributed by atoms with van der Waals surface area (Å²) in [5.41, 5.74) is 5.34. The first kappa shape index (κ1) is 19.4. The van der Waals surface area contributed by atoms with Crippen molar-refractivity contribution >= 4 is 17.5 Å². The van der Waals surface area contributed by atoms with E-state index in [-0.39, 0.29) is 17.9 Å². The molecule has 4 rings (SSSR count). The second kappa shape index (κ2) is 8.19. The Bertz CT molecular complexity index is 948. The van der Waals surface area contributed by atoms with Gasteiger partial charge in [-0.15, -0.1) is 0 Å². The Labute approximate surface area is 170 Å². The molecular formula is C22H26N4O3. The van der Waals surface area contributed by atoms with E-state index in [1.807, 2.05) is 11.8 Å². The second-order valence-corrected chi connectivity index (χ2v) is 7.77. The molecule has 2 aromatic rings. The number of hydrazone groups is 1. The minimum Gasteiger partial charge on any atom is -0.455 e. The fraction of sp³-hybridized carbons (Fsp3) is 0.455. The molecule has 152 valence electrons. The van der Waals surface area contributed by atoms with Crippen LogP contribution in [0.1, 0.15) is 77.0 Å². The van der Waals surface area contributed by atoms with Crippen LogP contribution >= 0.6 is 0 Å². The smallest absolute Gasteiger partial charge is 0.290 e. The molecule has 0 radical (unpaired) electrons. The number of hydrogen-bond donors (Lipinski definition) is 1. The third-order valence-electron chi connectivity index (χ3n) is 5.77. The van der Waals surface area contributed by atoms with Gasteiger partial charge in [0.15, 0.2) is 5.76 Å². The van der Waals surface area contributed by atoms with Crippen LogP contribution in [0.4, 0.5) is 0 Å². The van der Waals surface area contributed by atoms with Crippen molar-refractivity contribution in [2.75, 3.05) is 6.54 Å². The third kappa shape index (κ3) is 3.81. The molecule has 0 saturated carbocycles. The standard InChI is InChI=1S/C22H26N4O3/c1-14-8-4-6-13-26(14)22(28)20-15(2)19-16(10-7-11-18(19)29-20)24-25-21(27)17-9-3-5-12-23-17/h3,5,9,12,14H,4,6-8,10-11,13H2,1-2H3,(H,25,27)/b24-16+. The van der Waals surface area contributed by atoms with E-state index in [0.29, 0.717) is 11.5 Å². The number of nitrogens with zero attached hydrogens (tertiary/aromatic N) is 3. The maximum atomic E-state index is 13.1. The lowest BCUT2D eigenvalue weighted by atomic mass is 9.93. The van der Waals surface area contributed by atoms with Gasteiger partial charge in [0.25, 0.3) is 11.8 Å². The van der Waals surface area contributed by atoms with Crippen molar-refractivity contribution in [3.8, 4) is 0 Å². The Hall–Kier alpha value is -2.96. The number of carbonyl (C=O) groups is 2. The van der Waals surface area contributed by atoms with Crippen LogP contribution in [-0.2, 0) is 6.42 Å². The molecule has 7 nitrogen and oxygen atoms in total. The lowest BCUT2D eigenvalue weighted by Crippen LogP contribution is -2.42. The van der Waals surface area contributed by atoms with Gasteiger partial charge in [0, 0.05) is 36.3 Å². The van der Waals surface area contributed by atoms with Crippen molar-refractivity contribution in [2.24, 2.45) is 5.10 Å². The lowest BCUT2D eigenvalue weighted by Gasteiger charge is -2.32. The van der Waals surface area contributed by atoms with E-state index in [4.69, 9.17) is 4.42 Å². The molecule has 1 N–H and O–H groups in total. The van der Waals surface area contributed by atoms with Crippen LogP contribution in [0.15, 0.2) is 33.9 Å². The molecule has 1 saturated heterocycles. The molecule has 0 aromatic carbocycles. The van der Waals surface area contributed by atoms with Gasteiger partial charge in [-0.3, -0.25) is 14.6 Å². The summed E-state index contributed by atoms with van der Waals surface area (Å²) in [6.45, 7) is 4.77.